The fraction of sp³-hybridized carbons (Fsp3) is 0.333. The van der Waals surface area contributed by atoms with Gasteiger partial charge >= 0.3 is 0 Å². The lowest BCUT2D eigenvalue weighted by Gasteiger charge is -2.05. The molecule has 0 aliphatic heterocycles. The van der Waals surface area contributed by atoms with Crippen LogP contribution >= 0.6 is 11.7 Å². The molecule has 0 aliphatic rings. The molecule has 1 N–H and O–H groups in total. The second-order valence-electron chi connectivity index (χ2n) is 3.70. The van der Waals surface area contributed by atoms with Crippen molar-refractivity contribution in [2.45, 2.75) is 20.3 Å². The number of benzene rings is 1. The summed E-state index contributed by atoms with van der Waals surface area (Å²) in [6, 6.07) is 8.25. The number of nitrogens with zero attached hydrogens (tertiary/aromatic N) is 2. The minimum atomic E-state index is 0.904. The molecule has 0 atom stereocenters. The summed E-state index contributed by atoms with van der Waals surface area (Å²) in [4.78, 5) is 0. The van der Waals surface area contributed by atoms with Gasteiger partial charge < -0.3 is 5.32 Å². The lowest BCUT2D eigenvalue weighted by molar-refractivity contribution is 0.974. The zero-order valence-corrected chi connectivity index (χ0v) is 10.3. The van der Waals surface area contributed by atoms with Crippen LogP contribution in [0.2, 0.25) is 0 Å². The van der Waals surface area contributed by atoms with E-state index in [-0.39, 0.29) is 0 Å². The van der Waals surface area contributed by atoms with E-state index < -0.39 is 0 Å². The standard InChI is InChI=1S/C12H15N3S/c1-3-8-13-12-11(14-16-15-12)10-7-5-4-6-9(10)2/h4-7H,3,8H2,1-2H3,(H,13,15). The predicted molar refractivity (Wildman–Crippen MR) is 68.9 cm³/mol. The second-order valence-corrected chi connectivity index (χ2v) is 4.23. The molecule has 0 amide bonds. The van der Waals surface area contributed by atoms with Crippen LogP contribution in [0, 0.1) is 6.92 Å². The Labute approximate surface area is 99.9 Å². The van der Waals surface area contributed by atoms with Gasteiger partial charge in [-0.05, 0) is 18.9 Å². The molecule has 1 aromatic carbocycles. The summed E-state index contributed by atoms with van der Waals surface area (Å²) in [5.41, 5.74) is 3.36. The first-order valence-electron chi connectivity index (χ1n) is 5.45. The smallest absolute Gasteiger partial charge is 0.168 e. The largest absolute Gasteiger partial charge is 0.367 e. The Morgan fingerprint density at radius 2 is 2.06 bits per heavy atom. The highest BCUT2D eigenvalue weighted by Gasteiger charge is 2.11. The summed E-state index contributed by atoms with van der Waals surface area (Å²) in [5, 5.41) is 3.31. The molecule has 2 aromatic rings. The average molecular weight is 233 g/mol. The minimum absolute atomic E-state index is 0.904. The number of nitrogens with one attached hydrogen (secondary N) is 1. The molecule has 2 rings (SSSR count). The van der Waals surface area contributed by atoms with E-state index in [4.69, 9.17) is 0 Å². The average Bonchev–Trinajstić information content (AvgIpc) is 2.75. The van der Waals surface area contributed by atoms with Gasteiger partial charge in [0.2, 0.25) is 0 Å². The van der Waals surface area contributed by atoms with E-state index in [2.05, 4.69) is 40.0 Å². The lowest BCUT2D eigenvalue weighted by atomic mass is 10.1. The van der Waals surface area contributed by atoms with Crippen molar-refractivity contribution in [1.82, 2.24) is 8.75 Å². The van der Waals surface area contributed by atoms with Crippen LogP contribution in [-0.4, -0.2) is 15.3 Å². The molecular formula is C12H15N3S. The molecular weight excluding hydrogens is 218 g/mol. The third kappa shape index (κ3) is 2.22. The summed E-state index contributed by atoms with van der Waals surface area (Å²) in [6.07, 6.45) is 1.09. The van der Waals surface area contributed by atoms with Gasteiger partial charge in [0.1, 0.15) is 5.69 Å². The van der Waals surface area contributed by atoms with Crippen molar-refractivity contribution >= 4 is 17.5 Å². The van der Waals surface area contributed by atoms with Crippen LogP contribution in [0.5, 0.6) is 0 Å². The molecule has 0 bridgehead atoms. The molecule has 0 aliphatic carbocycles. The van der Waals surface area contributed by atoms with Crippen molar-refractivity contribution in [3.8, 4) is 11.3 Å². The molecule has 1 aromatic heterocycles. The SMILES string of the molecule is CCCNc1nsnc1-c1ccccc1C. The Kier molecular flexibility index (Phi) is 3.51. The van der Waals surface area contributed by atoms with Gasteiger partial charge in [0.25, 0.3) is 0 Å². The molecule has 0 unspecified atom stereocenters. The van der Waals surface area contributed by atoms with Gasteiger partial charge in [-0.25, -0.2) is 0 Å². The molecule has 4 heteroatoms. The van der Waals surface area contributed by atoms with Crippen LogP contribution in [0.25, 0.3) is 11.3 Å². The van der Waals surface area contributed by atoms with E-state index >= 15 is 0 Å². The maximum atomic E-state index is 4.37. The molecule has 84 valence electrons. The maximum absolute atomic E-state index is 4.37. The Morgan fingerprint density at radius 1 is 1.25 bits per heavy atom. The highest BCUT2D eigenvalue weighted by atomic mass is 32.1. The van der Waals surface area contributed by atoms with E-state index in [1.165, 1.54) is 17.3 Å². The Morgan fingerprint density at radius 3 is 2.81 bits per heavy atom. The van der Waals surface area contributed by atoms with Crippen LogP contribution in [0.4, 0.5) is 5.82 Å². The monoisotopic (exact) mass is 233 g/mol. The zero-order valence-electron chi connectivity index (χ0n) is 9.53. The van der Waals surface area contributed by atoms with Crippen LogP contribution < -0.4 is 5.32 Å². The van der Waals surface area contributed by atoms with Gasteiger partial charge in [0.15, 0.2) is 5.82 Å². The second kappa shape index (κ2) is 5.07. The van der Waals surface area contributed by atoms with Crippen molar-refractivity contribution in [2.24, 2.45) is 0 Å². The first-order valence-corrected chi connectivity index (χ1v) is 6.18. The quantitative estimate of drug-likeness (QED) is 0.880. The summed E-state index contributed by atoms with van der Waals surface area (Å²) >= 11 is 1.26. The number of rotatable bonds is 4. The molecule has 0 fully saturated rings. The van der Waals surface area contributed by atoms with E-state index in [9.17, 15) is 0 Å². The molecule has 16 heavy (non-hydrogen) atoms. The fourth-order valence-corrected chi connectivity index (χ4v) is 2.10. The maximum Gasteiger partial charge on any atom is 0.168 e. The molecule has 0 spiro atoms. The van der Waals surface area contributed by atoms with Crippen LogP contribution in [0.1, 0.15) is 18.9 Å². The third-order valence-electron chi connectivity index (χ3n) is 2.43. The van der Waals surface area contributed by atoms with Crippen molar-refractivity contribution in [2.75, 3.05) is 11.9 Å². The summed E-state index contributed by atoms with van der Waals surface area (Å²) in [7, 11) is 0. The number of aromatic nitrogens is 2. The number of hydrogen-bond donors (Lipinski definition) is 1. The zero-order chi connectivity index (χ0) is 11.4. The van der Waals surface area contributed by atoms with Crippen molar-refractivity contribution in [1.29, 1.82) is 0 Å². The number of hydrogen-bond acceptors (Lipinski definition) is 4. The van der Waals surface area contributed by atoms with Gasteiger partial charge in [0, 0.05) is 12.1 Å². The van der Waals surface area contributed by atoms with Crippen molar-refractivity contribution in [3.05, 3.63) is 29.8 Å². The van der Waals surface area contributed by atoms with Gasteiger partial charge in [0.05, 0.1) is 11.7 Å². The summed E-state index contributed by atoms with van der Waals surface area (Å²) < 4.78 is 8.66. The van der Waals surface area contributed by atoms with Crippen LogP contribution in [0.3, 0.4) is 0 Å². The Hall–Kier alpha value is -1.42. The van der Waals surface area contributed by atoms with Gasteiger partial charge in [-0.3, -0.25) is 0 Å². The minimum Gasteiger partial charge on any atom is -0.367 e. The van der Waals surface area contributed by atoms with Gasteiger partial charge in [-0.1, -0.05) is 31.2 Å². The summed E-state index contributed by atoms with van der Waals surface area (Å²) in [5.74, 6) is 0.904. The van der Waals surface area contributed by atoms with Gasteiger partial charge in [-0.15, -0.1) is 0 Å². The van der Waals surface area contributed by atoms with Crippen molar-refractivity contribution < 1.29 is 0 Å². The van der Waals surface area contributed by atoms with E-state index in [0.29, 0.717) is 0 Å². The molecule has 0 saturated carbocycles. The third-order valence-corrected chi connectivity index (χ3v) is 2.96. The fourth-order valence-electron chi connectivity index (χ4n) is 1.56. The van der Waals surface area contributed by atoms with Crippen LogP contribution in [-0.2, 0) is 0 Å². The number of aryl methyl sites for hydroxylation is 1. The lowest BCUT2D eigenvalue weighted by Crippen LogP contribution is -2.01. The van der Waals surface area contributed by atoms with Gasteiger partial charge in [-0.2, -0.15) is 8.75 Å². The first-order chi connectivity index (χ1) is 7.83. The number of anilines is 1. The molecule has 1 heterocycles. The predicted octanol–water partition coefficient (Wildman–Crippen LogP) is 3.34. The van der Waals surface area contributed by atoms with E-state index in [1.54, 1.807) is 0 Å². The highest BCUT2D eigenvalue weighted by Crippen LogP contribution is 2.28. The topological polar surface area (TPSA) is 37.8 Å². The highest BCUT2D eigenvalue weighted by molar-refractivity contribution is 6.99. The molecule has 0 saturated heterocycles. The molecule has 0 radical (unpaired) electrons. The Bertz CT molecular complexity index is 465. The normalized spacial score (nSPS) is 10.4. The van der Waals surface area contributed by atoms with Crippen LogP contribution in [0.15, 0.2) is 24.3 Å². The Balaban J connectivity index is 2.33. The summed E-state index contributed by atoms with van der Waals surface area (Å²) in [6.45, 7) is 5.17. The first kappa shape index (κ1) is 11.1. The van der Waals surface area contributed by atoms with E-state index in [0.717, 1.165) is 30.0 Å². The van der Waals surface area contributed by atoms with E-state index in [1.807, 2.05) is 12.1 Å². The molecule has 3 nitrogen and oxygen atoms in total. The van der Waals surface area contributed by atoms with Crippen molar-refractivity contribution in [3.63, 3.8) is 0 Å².